The van der Waals surface area contributed by atoms with Crippen molar-refractivity contribution in [2.24, 2.45) is 0 Å². The summed E-state index contributed by atoms with van der Waals surface area (Å²) in [6.07, 6.45) is 1.32. The van der Waals surface area contributed by atoms with Crippen LogP contribution in [-0.2, 0) is 23.9 Å². The molecule has 0 radical (unpaired) electrons. The van der Waals surface area contributed by atoms with Gasteiger partial charge in [0.05, 0.1) is 13.2 Å². The van der Waals surface area contributed by atoms with E-state index in [1.807, 2.05) is 0 Å². The first-order valence-electron chi connectivity index (χ1n) is 7.15. The first-order chi connectivity index (χ1) is 10.3. The second-order valence-electron chi connectivity index (χ2n) is 5.10. The van der Waals surface area contributed by atoms with E-state index in [1.54, 1.807) is 25.8 Å². The minimum absolute atomic E-state index is 0.0439. The third-order valence-corrected chi connectivity index (χ3v) is 2.76. The van der Waals surface area contributed by atoms with E-state index >= 15 is 0 Å². The van der Waals surface area contributed by atoms with Crippen LogP contribution in [0.4, 0.5) is 0 Å². The molecule has 0 aromatic rings. The molecule has 124 valence electrons. The van der Waals surface area contributed by atoms with Crippen molar-refractivity contribution in [1.29, 1.82) is 0 Å². The van der Waals surface area contributed by atoms with Gasteiger partial charge in [-0.2, -0.15) is 0 Å². The van der Waals surface area contributed by atoms with Gasteiger partial charge < -0.3 is 14.4 Å². The summed E-state index contributed by atoms with van der Waals surface area (Å²) in [7, 11) is 1.68. The van der Waals surface area contributed by atoms with Crippen LogP contribution >= 0.6 is 0 Å². The number of nitrogens with zero attached hydrogens (tertiary/aromatic N) is 1. The molecule has 0 N–H and O–H groups in total. The fourth-order valence-corrected chi connectivity index (χ4v) is 1.42. The van der Waals surface area contributed by atoms with Gasteiger partial charge in [0.1, 0.15) is 0 Å². The van der Waals surface area contributed by atoms with Crippen LogP contribution in [0.2, 0.25) is 0 Å². The van der Waals surface area contributed by atoms with Crippen molar-refractivity contribution in [3.63, 3.8) is 0 Å². The maximum absolute atomic E-state index is 11.8. The number of amides is 1. The lowest BCUT2D eigenvalue weighted by atomic mass is 10.3. The number of carbonyl (C=O) groups excluding carboxylic acids is 3. The zero-order valence-corrected chi connectivity index (χ0v) is 13.6. The fourth-order valence-electron chi connectivity index (χ4n) is 1.42. The van der Waals surface area contributed by atoms with E-state index in [-0.39, 0.29) is 19.1 Å². The van der Waals surface area contributed by atoms with E-state index in [0.717, 1.165) is 0 Å². The lowest BCUT2D eigenvalue weighted by molar-refractivity contribution is -0.141. The van der Waals surface area contributed by atoms with E-state index in [9.17, 15) is 14.4 Å². The molecule has 0 aliphatic carbocycles. The highest BCUT2D eigenvalue weighted by Gasteiger charge is 2.10. The molecular formula is C16H25NO5. The van der Waals surface area contributed by atoms with Crippen molar-refractivity contribution in [2.45, 2.75) is 33.1 Å². The molecule has 0 fully saturated rings. The zero-order valence-electron chi connectivity index (χ0n) is 13.6. The quantitative estimate of drug-likeness (QED) is 0.350. The van der Waals surface area contributed by atoms with Gasteiger partial charge in [-0.25, -0.2) is 9.59 Å². The summed E-state index contributed by atoms with van der Waals surface area (Å²) >= 11 is 0. The number of hydrogen-bond donors (Lipinski definition) is 0. The Bertz CT molecular complexity index is 442. The van der Waals surface area contributed by atoms with Crippen LogP contribution in [0.25, 0.3) is 0 Å². The monoisotopic (exact) mass is 311 g/mol. The summed E-state index contributed by atoms with van der Waals surface area (Å²) in [6, 6.07) is 0. The largest absolute Gasteiger partial charge is 0.462 e. The van der Waals surface area contributed by atoms with Crippen LogP contribution in [0.5, 0.6) is 0 Å². The van der Waals surface area contributed by atoms with Crippen LogP contribution in [0.15, 0.2) is 24.3 Å². The smallest absolute Gasteiger partial charge is 0.333 e. The molecular weight excluding hydrogens is 286 g/mol. The highest BCUT2D eigenvalue weighted by atomic mass is 16.5. The van der Waals surface area contributed by atoms with Gasteiger partial charge in [-0.3, -0.25) is 4.79 Å². The van der Waals surface area contributed by atoms with Gasteiger partial charge in [-0.05, 0) is 26.7 Å². The Morgan fingerprint density at radius 1 is 0.909 bits per heavy atom. The Labute approximate surface area is 131 Å². The van der Waals surface area contributed by atoms with Crippen molar-refractivity contribution in [3.8, 4) is 0 Å². The van der Waals surface area contributed by atoms with E-state index in [0.29, 0.717) is 37.0 Å². The minimum atomic E-state index is -0.444. The SMILES string of the molecule is C=C(C)C(=O)OCCCC(=O)N(C)CCCOC(=O)C(=C)C. The molecule has 0 unspecified atom stereocenters. The molecule has 6 nitrogen and oxygen atoms in total. The number of ether oxygens (including phenoxy) is 2. The first kappa shape index (κ1) is 19.9. The van der Waals surface area contributed by atoms with Crippen LogP contribution in [-0.4, -0.2) is 49.6 Å². The summed E-state index contributed by atoms with van der Waals surface area (Å²) in [6.45, 7) is 11.0. The van der Waals surface area contributed by atoms with Gasteiger partial charge in [0.15, 0.2) is 0 Å². The van der Waals surface area contributed by atoms with E-state index in [4.69, 9.17) is 9.47 Å². The number of rotatable bonds is 10. The molecule has 6 heteroatoms. The lowest BCUT2D eigenvalue weighted by Gasteiger charge is -2.17. The van der Waals surface area contributed by atoms with Gasteiger partial charge in [0.25, 0.3) is 0 Å². The highest BCUT2D eigenvalue weighted by molar-refractivity contribution is 5.87. The molecule has 0 aromatic heterocycles. The summed E-state index contributed by atoms with van der Waals surface area (Å²) in [5.74, 6) is -0.911. The Morgan fingerprint density at radius 3 is 1.82 bits per heavy atom. The van der Waals surface area contributed by atoms with Crippen LogP contribution < -0.4 is 0 Å². The average molecular weight is 311 g/mol. The second-order valence-corrected chi connectivity index (χ2v) is 5.10. The molecule has 1 amide bonds. The minimum Gasteiger partial charge on any atom is -0.462 e. The predicted octanol–water partition coefficient (Wildman–Crippen LogP) is 1.85. The standard InChI is InChI=1S/C16H25NO5/c1-12(2)15(19)21-10-6-8-14(18)17(5)9-7-11-22-16(20)13(3)4/h1,3,6-11H2,2,4-5H3. The average Bonchev–Trinajstić information content (AvgIpc) is 2.46. The molecule has 22 heavy (non-hydrogen) atoms. The molecule has 0 saturated heterocycles. The van der Waals surface area contributed by atoms with Crippen molar-refractivity contribution < 1.29 is 23.9 Å². The Morgan fingerprint density at radius 2 is 1.36 bits per heavy atom. The van der Waals surface area contributed by atoms with Gasteiger partial charge in [-0.1, -0.05) is 13.2 Å². The molecule has 0 heterocycles. The summed E-state index contributed by atoms with van der Waals surface area (Å²) in [5, 5.41) is 0. The molecule has 0 aliphatic rings. The second kappa shape index (κ2) is 10.6. The molecule has 0 saturated carbocycles. The normalized spacial score (nSPS) is 9.77. The summed E-state index contributed by atoms with van der Waals surface area (Å²) < 4.78 is 9.84. The third kappa shape index (κ3) is 8.94. The molecule has 0 rings (SSSR count). The van der Waals surface area contributed by atoms with Crippen molar-refractivity contribution in [3.05, 3.63) is 24.3 Å². The number of carbonyl (C=O) groups is 3. The topological polar surface area (TPSA) is 72.9 Å². The van der Waals surface area contributed by atoms with E-state index < -0.39 is 11.9 Å². The lowest BCUT2D eigenvalue weighted by Crippen LogP contribution is -2.28. The Hall–Kier alpha value is -2.11. The molecule has 0 atom stereocenters. The maximum Gasteiger partial charge on any atom is 0.333 e. The number of esters is 2. The Kier molecular flexibility index (Phi) is 9.58. The third-order valence-electron chi connectivity index (χ3n) is 2.76. The van der Waals surface area contributed by atoms with Crippen molar-refractivity contribution >= 4 is 17.8 Å². The van der Waals surface area contributed by atoms with Gasteiger partial charge >= 0.3 is 11.9 Å². The van der Waals surface area contributed by atoms with Crippen molar-refractivity contribution in [1.82, 2.24) is 4.90 Å². The summed E-state index contributed by atoms with van der Waals surface area (Å²) in [4.78, 5) is 35.7. The van der Waals surface area contributed by atoms with E-state index in [2.05, 4.69) is 13.2 Å². The van der Waals surface area contributed by atoms with Crippen LogP contribution in [0, 0.1) is 0 Å². The fraction of sp³-hybridized carbons (Fsp3) is 0.562. The van der Waals surface area contributed by atoms with Gasteiger partial charge in [0.2, 0.25) is 5.91 Å². The van der Waals surface area contributed by atoms with Crippen molar-refractivity contribution in [2.75, 3.05) is 26.8 Å². The molecule has 0 spiro atoms. The number of hydrogen-bond acceptors (Lipinski definition) is 5. The van der Waals surface area contributed by atoms with E-state index in [1.165, 1.54) is 0 Å². The first-order valence-corrected chi connectivity index (χ1v) is 7.15. The maximum atomic E-state index is 11.8. The highest BCUT2D eigenvalue weighted by Crippen LogP contribution is 2.01. The summed E-state index contributed by atoms with van der Waals surface area (Å²) in [5.41, 5.74) is 0.696. The van der Waals surface area contributed by atoms with Gasteiger partial charge in [0, 0.05) is 31.2 Å². The molecule has 0 bridgehead atoms. The van der Waals surface area contributed by atoms with Gasteiger partial charge in [-0.15, -0.1) is 0 Å². The Balaban J connectivity index is 3.75. The van der Waals surface area contributed by atoms with Crippen LogP contribution in [0.1, 0.15) is 33.1 Å². The predicted molar refractivity (Wildman–Crippen MR) is 83.0 cm³/mol. The molecule has 0 aliphatic heterocycles. The van der Waals surface area contributed by atoms with Crippen LogP contribution in [0.3, 0.4) is 0 Å². The zero-order chi connectivity index (χ0) is 17.1. The molecule has 0 aromatic carbocycles.